The van der Waals surface area contributed by atoms with Crippen LogP contribution in [0.15, 0.2) is 12.1 Å². The van der Waals surface area contributed by atoms with Gasteiger partial charge in [-0.3, -0.25) is 4.79 Å². The van der Waals surface area contributed by atoms with E-state index in [1.807, 2.05) is 39.8 Å². The van der Waals surface area contributed by atoms with E-state index in [0.29, 0.717) is 5.56 Å². The fourth-order valence-corrected chi connectivity index (χ4v) is 2.81. The van der Waals surface area contributed by atoms with Crippen LogP contribution in [-0.2, 0) is 21.6 Å². The zero-order chi connectivity index (χ0) is 15.8. The summed E-state index contributed by atoms with van der Waals surface area (Å²) >= 11 is 0. The van der Waals surface area contributed by atoms with Crippen molar-refractivity contribution in [2.75, 3.05) is 13.2 Å². The number of halogens is 1. The lowest BCUT2D eigenvalue weighted by Gasteiger charge is -2.35. The molecule has 116 valence electrons. The van der Waals surface area contributed by atoms with Gasteiger partial charge in [0.15, 0.2) is 5.67 Å². The van der Waals surface area contributed by atoms with Gasteiger partial charge in [0.1, 0.15) is 0 Å². The Morgan fingerprint density at radius 3 is 2.00 bits per heavy atom. The molecule has 1 heterocycles. The minimum absolute atomic E-state index is 0.0168. The minimum atomic E-state index is -1.42. The van der Waals surface area contributed by atoms with Crippen molar-refractivity contribution in [3.63, 3.8) is 0 Å². The topological polar surface area (TPSA) is 46.5 Å². The molecule has 21 heavy (non-hydrogen) atoms. The number of hydrogen-bond donors (Lipinski definition) is 1. The van der Waals surface area contributed by atoms with Crippen LogP contribution >= 0.6 is 0 Å². The molecule has 1 aliphatic heterocycles. The summed E-state index contributed by atoms with van der Waals surface area (Å²) in [6.07, 6.45) is -0.0168. The van der Waals surface area contributed by atoms with Crippen LogP contribution in [0.1, 0.15) is 61.8 Å². The van der Waals surface area contributed by atoms with Gasteiger partial charge in [-0.05, 0) is 34.1 Å². The molecule has 0 bridgehead atoms. The predicted octanol–water partition coefficient (Wildman–Crippen LogP) is 3.76. The lowest BCUT2D eigenvalue weighted by atomic mass is 9.81. The first kappa shape index (κ1) is 16.0. The van der Waals surface area contributed by atoms with Crippen LogP contribution in [0.4, 0.5) is 4.39 Å². The fraction of sp³-hybridized carbons (Fsp3) is 0.588. The summed E-state index contributed by atoms with van der Waals surface area (Å²) < 4.78 is 19.7. The van der Waals surface area contributed by atoms with Gasteiger partial charge in [-0.15, -0.1) is 0 Å². The van der Waals surface area contributed by atoms with Crippen LogP contribution in [0.25, 0.3) is 0 Å². The Hall–Kier alpha value is -1.42. The lowest BCUT2D eigenvalue weighted by Crippen LogP contribution is -2.42. The minimum Gasteiger partial charge on any atom is -0.481 e. The van der Waals surface area contributed by atoms with Crippen molar-refractivity contribution in [3.8, 4) is 0 Å². The third kappa shape index (κ3) is 3.10. The number of carboxylic acids is 1. The average molecular weight is 294 g/mol. The van der Waals surface area contributed by atoms with Gasteiger partial charge >= 0.3 is 5.97 Å². The number of rotatable bonds is 5. The average Bonchev–Trinajstić information content (AvgIpc) is 2.34. The largest absolute Gasteiger partial charge is 0.481 e. The maximum atomic E-state index is 14.7. The highest BCUT2D eigenvalue weighted by molar-refractivity contribution is 5.72. The van der Waals surface area contributed by atoms with E-state index in [1.165, 1.54) is 0 Å². The Morgan fingerprint density at radius 2 is 1.71 bits per heavy atom. The number of benzene rings is 1. The van der Waals surface area contributed by atoms with E-state index in [-0.39, 0.29) is 31.5 Å². The highest BCUT2D eigenvalue weighted by atomic mass is 19.1. The van der Waals surface area contributed by atoms with Crippen LogP contribution in [0, 0.1) is 0 Å². The second-order valence-electron chi connectivity index (χ2n) is 6.47. The first-order chi connectivity index (χ1) is 9.74. The van der Waals surface area contributed by atoms with Gasteiger partial charge in [-0.25, -0.2) is 4.39 Å². The molecule has 3 nitrogen and oxygen atoms in total. The van der Waals surface area contributed by atoms with Crippen LogP contribution in [0.2, 0.25) is 0 Å². The van der Waals surface area contributed by atoms with E-state index in [4.69, 9.17) is 4.74 Å². The summed E-state index contributed by atoms with van der Waals surface area (Å²) in [5, 5.41) is 9.17. The molecule has 0 unspecified atom stereocenters. The van der Waals surface area contributed by atoms with Crippen molar-refractivity contribution in [1.82, 2.24) is 0 Å². The Balaban J connectivity index is 2.60. The highest BCUT2D eigenvalue weighted by Gasteiger charge is 2.41. The van der Waals surface area contributed by atoms with Gasteiger partial charge < -0.3 is 9.84 Å². The van der Waals surface area contributed by atoms with Crippen LogP contribution in [0.3, 0.4) is 0 Å². The second-order valence-corrected chi connectivity index (χ2v) is 6.47. The summed E-state index contributed by atoms with van der Waals surface area (Å²) in [4.78, 5) is 11.2. The SMILES string of the molecule is CC(C)c1cc(C2(F)COC2)cc(C(C)C)c1CC(=O)O. The summed E-state index contributed by atoms with van der Waals surface area (Å²) in [6, 6.07) is 3.66. The number of aliphatic carboxylic acids is 1. The van der Waals surface area contributed by atoms with Crippen molar-refractivity contribution in [2.24, 2.45) is 0 Å². The Labute approximate surface area is 125 Å². The summed E-state index contributed by atoms with van der Waals surface area (Å²) in [5.41, 5.74) is 1.90. The standard InChI is InChI=1S/C17H23FO3/c1-10(2)13-5-12(17(18)8-21-9-17)6-14(11(3)4)15(13)7-16(19)20/h5-6,10-11H,7-9H2,1-4H3,(H,19,20). The molecular formula is C17H23FO3. The Morgan fingerprint density at radius 1 is 1.24 bits per heavy atom. The molecule has 0 atom stereocenters. The lowest BCUT2D eigenvalue weighted by molar-refractivity contribution is -0.136. The number of carboxylic acid groups (broad SMARTS) is 1. The molecule has 0 aromatic heterocycles. The molecule has 1 fully saturated rings. The van der Waals surface area contributed by atoms with Crippen molar-refractivity contribution in [3.05, 3.63) is 34.4 Å². The quantitative estimate of drug-likeness (QED) is 0.899. The monoisotopic (exact) mass is 294 g/mol. The van der Waals surface area contributed by atoms with E-state index in [0.717, 1.165) is 16.7 Å². The van der Waals surface area contributed by atoms with E-state index >= 15 is 0 Å². The summed E-state index contributed by atoms with van der Waals surface area (Å²) in [5.74, 6) is -0.545. The van der Waals surface area contributed by atoms with Crippen molar-refractivity contribution < 1.29 is 19.0 Å². The first-order valence-electron chi connectivity index (χ1n) is 7.40. The predicted molar refractivity (Wildman–Crippen MR) is 79.6 cm³/mol. The number of alkyl halides is 1. The zero-order valence-corrected chi connectivity index (χ0v) is 13.1. The molecule has 0 spiro atoms. The first-order valence-corrected chi connectivity index (χ1v) is 7.40. The molecule has 0 saturated carbocycles. The van der Waals surface area contributed by atoms with E-state index in [1.54, 1.807) is 0 Å². The summed E-state index contributed by atoms with van der Waals surface area (Å²) in [7, 11) is 0. The fourth-order valence-electron chi connectivity index (χ4n) is 2.81. The molecule has 0 amide bonds. The molecule has 1 N–H and O–H groups in total. The molecule has 1 aliphatic rings. The molecule has 0 radical (unpaired) electrons. The Bertz CT molecular complexity index is 516. The molecule has 0 aliphatic carbocycles. The van der Waals surface area contributed by atoms with Gasteiger partial charge in [-0.2, -0.15) is 0 Å². The van der Waals surface area contributed by atoms with Crippen molar-refractivity contribution in [2.45, 2.75) is 51.6 Å². The smallest absolute Gasteiger partial charge is 0.307 e. The van der Waals surface area contributed by atoms with E-state index in [9.17, 15) is 14.3 Å². The zero-order valence-electron chi connectivity index (χ0n) is 13.1. The van der Waals surface area contributed by atoms with Gasteiger partial charge in [0.05, 0.1) is 19.6 Å². The van der Waals surface area contributed by atoms with Crippen LogP contribution in [-0.4, -0.2) is 24.3 Å². The van der Waals surface area contributed by atoms with Crippen molar-refractivity contribution in [1.29, 1.82) is 0 Å². The second kappa shape index (κ2) is 5.76. The highest BCUT2D eigenvalue weighted by Crippen LogP contribution is 2.39. The third-order valence-electron chi connectivity index (χ3n) is 4.07. The van der Waals surface area contributed by atoms with Gasteiger partial charge in [0.25, 0.3) is 0 Å². The molecule has 2 rings (SSSR count). The molecule has 1 saturated heterocycles. The van der Waals surface area contributed by atoms with E-state index in [2.05, 4.69) is 0 Å². The molecule has 1 aromatic rings. The van der Waals surface area contributed by atoms with Crippen LogP contribution < -0.4 is 0 Å². The van der Waals surface area contributed by atoms with Gasteiger partial charge in [-0.1, -0.05) is 39.8 Å². The maximum Gasteiger partial charge on any atom is 0.307 e. The van der Waals surface area contributed by atoms with Gasteiger partial charge in [0.2, 0.25) is 0 Å². The molecule has 1 aromatic carbocycles. The summed E-state index contributed by atoms with van der Waals surface area (Å²) in [6.45, 7) is 8.21. The number of carbonyl (C=O) groups is 1. The normalized spacial score (nSPS) is 17.1. The van der Waals surface area contributed by atoms with Crippen LogP contribution in [0.5, 0.6) is 0 Å². The van der Waals surface area contributed by atoms with Crippen molar-refractivity contribution >= 4 is 5.97 Å². The maximum absolute atomic E-state index is 14.7. The number of ether oxygens (including phenoxy) is 1. The Kier molecular flexibility index (Phi) is 4.38. The number of hydrogen-bond acceptors (Lipinski definition) is 2. The third-order valence-corrected chi connectivity index (χ3v) is 4.07. The van der Waals surface area contributed by atoms with Gasteiger partial charge in [0, 0.05) is 0 Å². The van der Waals surface area contributed by atoms with E-state index < -0.39 is 11.6 Å². The molecular weight excluding hydrogens is 271 g/mol. The molecule has 4 heteroatoms.